The molecule has 1 amide bonds. The number of amides is 1. The number of nitrogens with one attached hydrogen (secondary N) is 1. The third kappa shape index (κ3) is 2.89. The number of carbonyl (C=O) groups excluding carboxylic acids is 1. The van der Waals surface area contributed by atoms with Gasteiger partial charge < -0.3 is 15.5 Å². The van der Waals surface area contributed by atoms with E-state index in [0.717, 1.165) is 18.2 Å². The SMILES string of the molecule is O=C(Nc1ccccc1CO)c1cc(F)ccc1O. The van der Waals surface area contributed by atoms with Crippen molar-refractivity contribution in [2.45, 2.75) is 6.61 Å². The number of halogens is 1. The van der Waals surface area contributed by atoms with Crippen LogP contribution in [0.2, 0.25) is 0 Å². The van der Waals surface area contributed by atoms with Crippen molar-refractivity contribution < 1.29 is 19.4 Å². The van der Waals surface area contributed by atoms with E-state index >= 15 is 0 Å². The second-order valence-electron chi connectivity index (χ2n) is 3.93. The van der Waals surface area contributed by atoms with Crippen LogP contribution in [0, 0.1) is 5.82 Å². The zero-order valence-corrected chi connectivity index (χ0v) is 9.93. The average molecular weight is 261 g/mol. The van der Waals surface area contributed by atoms with Crippen molar-refractivity contribution in [1.82, 2.24) is 0 Å². The highest BCUT2D eigenvalue weighted by Crippen LogP contribution is 2.21. The van der Waals surface area contributed by atoms with Crippen molar-refractivity contribution in [2.75, 3.05) is 5.32 Å². The highest BCUT2D eigenvalue weighted by molar-refractivity contribution is 6.06. The van der Waals surface area contributed by atoms with Crippen LogP contribution in [0.3, 0.4) is 0 Å². The largest absolute Gasteiger partial charge is 0.507 e. The third-order valence-electron chi connectivity index (χ3n) is 2.64. The normalized spacial score (nSPS) is 10.2. The van der Waals surface area contributed by atoms with Gasteiger partial charge in [0.2, 0.25) is 0 Å². The van der Waals surface area contributed by atoms with Gasteiger partial charge in [-0.1, -0.05) is 18.2 Å². The molecule has 5 heteroatoms. The fourth-order valence-electron chi connectivity index (χ4n) is 1.66. The van der Waals surface area contributed by atoms with Crippen LogP contribution in [0.5, 0.6) is 5.75 Å². The van der Waals surface area contributed by atoms with Crippen molar-refractivity contribution in [2.24, 2.45) is 0 Å². The van der Waals surface area contributed by atoms with E-state index in [1.54, 1.807) is 24.3 Å². The molecule has 0 unspecified atom stereocenters. The van der Waals surface area contributed by atoms with Gasteiger partial charge in [-0.05, 0) is 24.3 Å². The summed E-state index contributed by atoms with van der Waals surface area (Å²) in [5.74, 6) is -1.56. The summed E-state index contributed by atoms with van der Waals surface area (Å²) in [6, 6.07) is 9.81. The summed E-state index contributed by atoms with van der Waals surface area (Å²) < 4.78 is 13.1. The van der Waals surface area contributed by atoms with Gasteiger partial charge in [0, 0.05) is 11.3 Å². The lowest BCUT2D eigenvalue weighted by atomic mass is 10.1. The van der Waals surface area contributed by atoms with Gasteiger partial charge in [-0.15, -0.1) is 0 Å². The molecule has 2 rings (SSSR count). The predicted molar refractivity (Wildman–Crippen MR) is 68.4 cm³/mol. The first-order valence-electron chi connectivity index (χ1n) is 5.60. The number of aliphatic hydroxyl groups excluding tert-OH is 1. The molecule has 3 N–H and O–H groups in total. The molecule has 0 aromatic heterocycles. The van der Waals surface area contributed by atoms with E-state index in [1.165, 1.54) is 0 Å². The Hall–Kier alpha value is -2.40. The number of para-hydroxylation sites is 1. The lowest BCUT2D eigenvalue weighted by Crippen LogP contribution is -2.13. The molecule has 0 bridgehead atoms. The van der Waals surface area contributed by atoms with Crippen molar-refractivity contribution in [3.05, 3.63) is 59.4 Å². The van der Waals surface area contributed by atoms with Gasteiger partial charge in [-0.2, -0.15) is 0 Å². The summed E-state index contributed by atoms with van der Waals surface area (Å²) in [5.41, 5.74) is 0.790. The molecule has 0 aliphatic rings. The predicted octanol–water partition coefficient (Wildman–Crippen LogP) is 2.28. The molecule has 4 nitrogen and oxygen atoms in total. The first kappa shape index (κ1) is 13.0. The Bertz CT molecular complexity index is 613. The summed E-state index contributed by atoms with van der Waals surface area (Å²) >= 11 is 0. The maximum atomic E-state index is 13.1. The molecule has 0 saturated carbocycles. The van der Waals surface area contributed by atoms with Crippen LogP contribution in [0.15, 0.2) is 42.5 Å². The van der Waals surface area contributed by atoms with Crippen LogP contribution in [0.1, 0.15) is 15.9 Å². The maximum Gasteiger partial charge on any atom is 0.259 e. The van der Waals surface area contributed by atoms with E-state index in [-0.39, 0.29) is 17.9 Å². The molecule has 0 atom stereocenters. The number of phenolic OH excluding ortho intramolecular Hbond substituents is 1. The Morgan fingerprint density at radius 3 is 2.68 bits per heavy atom. The molecule has 98 valence electrons. The fraction of sp³-hybridized carbons (Fsp3) is 0.0714. The Morgan fingerprint density at radius 1 is 1.21 bits per heavy atom. The molecular weight excluding hydrogens is 249 g/mol. The van der Waals surface area contributed by atoms with Gasteiger partial charge in [0.15, 0.2) is 0 Å². The topological polar surface area (TPSA) is 69.6 Å². The Balaban J connectivity index is 2.28. The van der Waals surface area contributed by atoms with Crippen LogP contribution in [-0.2, 0) is 6.61 Å². The first-order chi connectivity index (χ1) is 9.11. The van der Waals surface area contributed by atoms with Crippen molar-refractivity contribution in [3.63, 3.8) is 0 Å². The zero-order valence-electron chi connectivity index (χ0n) is 9.93. The maximum absolute atomic E-state index is 13.1. The average Bonchev–Trinajstić information content (AvgIpc) is 2.42. The number of anilines is 1. The van der Waals surface area contributed by atoms with E-state index in [9.17, 15) is 14.3 Å². The van der Waals surface area contributed by atoms with Gasteiger partial charge in [0.1, 0.15) is 11.6 Å². The number of hydrogen-bond donors (Lipinski definition) is 3. The highest BCUT2D eigenvalue weighted by Gasteiger charge is 2.13. The number of benzene rings is 2. The monoisotopic (exact) mass is 261 g/mol. The van der Waals surface area contributed by atoms with Gasteiger partial charge in [-0.25, -0.2) is 4.39 Å². The number of carbonyl (C=O) groups is 1. The molecule has 0 aliphatic heterocycles. The second-order valence-corrected chi connectivity index (χ2v) is 3.93. The Labute approximate surface area is 109 Å². The van der Waals surface area contributed by atoms with Crippen LogP contribution < -0.4 is 5.32 Å². The minimum Gasteiger partial charge on any atom is -0.507 e. The minimum absolute atomic E-state index is 0.159. The van der Waals surface area contributed by atoms with E-state index in [1.807, 2.05) is 0 Å². The van der Waals surface area contributed by atoms with E-state index in [4.69, 9.17) is 5.11 Å². The smallest absolute Gasteiger partial charge is 0.259 e. The third-order valence-corrected chi connectivity index (χ3v) is 2.64. The quantitative estimate of drug-likeness (QED) is 0.793. The van der Waals surface area contributed by atoms with Gasteiger partial charge in [0.05, 0.1) is 12.2 Å². The van der Waals surface area contributed by atoms with E-state index in [2.05, 4.69) is 5.32 Å². The van der Waals surface area contributed by atoms with E-state index < -0.39 is 11.7 Å². The van der Waals surface area contributed by atoms with Gasteiger partial charge in [-0.3, -0.25) is 4.79 Å². The van der Waals surface area contributed by atoms with Crippen LogP contribution >= 0.6 is 0 Å². The molecule has 0 radical (unpaired) electrons. The highest BCUT2D eigenvalue weighted by atomic mass is 19.1. The first-order valence-corrected chi connectivity index (χ1v) is 5.60. The molecular formula is C14H12FNO3. The standard InChI is InChI=1S/C14H12FNO3/c15-10-5-6-13(18)11(7-10)14(19)16-12-4-2-1-3-9(12)8-17/h1-7,17-18H,8H2,(H,16,19). The van der Waals surface area contributed by atoms with Crippen molar-refractivity contribution in [3.8, 4) is 5.75 Å². The van der Waals surface area contributed by atoms with E-state index in [0.29, 0.717) is 11.3 Å². The molecule has 2 aromatic rings. The zero-order chi connectivity index (χ0) is 13.8. The lowest BCUT2D eigenvalue weighted by Gasteiger charge is -2.10. The number of aliphatic hydroxyl groups is 1. The number of hydrogen-bond acceptors (Lipinski definition) is 3. The number of aromatic hydroxyl groups is 1. The van der Waals surface area contributed by atoms with Crippen molar-refractivity contribution >= 4 is 11.6 Å². The summed E-state index contributed by atoms with van der Waals surface area (Å²) in [6.07, 6.45) is 0. The fourth-order valence-corrected chi connectivity index (χ4v) is 1.66. The van der Waals surface area contributed by atoms with Gasteiger partial charge >= 0.3 is 0 Å². The molecule has 0 spiro atoms. The second kappa shape index (κ2) is 5.49. The molecule has 0 fully saturated rings. The van der Waals surface area contributed by atoms with Crippen LogP contribution in [0.4, 0.5) is 10.1 Å². The van der Waals surface area contributed by atoms with Gasteiger partial charge in [0.25, 0.3) is 5.91 Å². The van der Waals surface area contributed by atoms with Crippen LogP contribution in [0.25, 0.3) is 0 Å². The lowest BCUT2D eigenvalue weighted by molar-refractivity contribution is 0.102. The molecule has 19 heavy (non-hydrogen) atoms. The molecule has 0 aliphatic carbocycles. The number of phenols is 1. The minimum atomic E-state index is -0.641. The molecule has 0 heterocycles. The Kier molecular flexibility index (Phi) is 3.77. The number of rotatable bonds is 3. The summed E-state index contributed by atoms with van der Waals surface area (Å²) in [7, 11) is 0. The van der Waals surface area contributed by atoms with Crippen LogP contribution in [-0.4, -0.2) is 16.1 Å². The summed E-state index contributed by atoms with van der Waals surface area (Å²) in [5, 5.41) is 21.2. The van der Waals surface area contributed by atoms with Crippen molar-refractivity contribution in [1.29, 1.82) is 0 Å². The molecule has 0 saturated heterocycles. The summed E-state index contributed by atoms with van der Waals surface area (Å²) in [4.78, 5) is 11.9. The molecule has 2 aromatic carbocycles. The summed E-state index contributed by atoms with van der Waals surface area (Å²) in [6.45, 7) is -0.231. The Morgan fingerprint density at radius 2 is 1.95 bits per heavy atom.